The smallest absolute Gasteiger partial charge is 0.253 e. The zero-order valence-corrected chi connectivity index (χ0v) is 15.8. The fourth-order valence-corrected chi connectivity index (χ4v) is 3.64. The number of hydroxylamine groups is 1. The number of rotatable bonds is 2. The van der Waals surface area contributed by atoms with E-state index in [-0.39, 0.29) is 11.5 Å². The normalized spacial score (nSPS) is 18.3. The molecule has 0 aliphatic carbocycles. The van der Waals surface area contributed by atoms with E-state index in [4.69, 9.17) is 9.83 Å². The van der Waals surface area contributed by atoms with E-state index >= 15 is 0 Å². The lowest BCUT2D eigenvalue weighted by Crippen LogP contribution is -2.46. The first kappa shape index (κ1) is 18.1. The van der Waals surface area contributed by atoms with Crippen molar-refractivity contribution in [3.8, 4) is 0 Å². The quantitative estimate of drug-likeness (QED) is 0.783. The molecule has 8 heteroatoms. The summed E-state index contributed by atoms with van der Waals surface area (Å²) in [6.07, 6.45) is 1.01. The van der Waals surface area contributed by atoms with E-state index in [2.05, 4.69) is 21.4 Å². The zero-order valence-electron chi connectivity index (χ0n) is 14.2. The van der Waals surface area contributed by atoms with E-state index in [0.717, 1.165) is 22.2 Å². The lowest BCUT2D eigenvalue weighted by atomic mass is 10.00. The number of nitrogens with zero attached hydrogens (tertiary/aromatic N) is 2. The van der Waals surface area contributed by atoms with Gasteiger partial charge in [0.1, 0.15) is 0 Å². The third-order valence-corrected chi connectivity index (χ3v) is 5.24. The van der Waals surface area contributed by atoms with Crippen LogP contribution in [0.1, 0.15) is 28.8 Å². The Morgan fingerprint density at radius 1 is 1.15 bits per heavy atom. The molecule has 1 N–H and O–H groups in total. The van der Waals surface area contributed by atoms with Crippen LogP contribution in [0.25, 0.3) is 0 Å². The molecule has 1 amide bonds. The molecule has 1 spiro atoms. The number of piperidine rings is 1. The first-order chi connectivity index (χ1) is 13.0. The van der Waals surface area contributed by atoms with Crippen LogP contribution < -0.4 is 5.48 Å². The lowest BCUT2D eigenvalue weighted by Gasteiger charge is -2.35. The molecule has 5 nitrogen and oxygen atoms in total. The third-order valence-electron chi connectivity index (χ3n) is 4.75. The Morgan fingerprint density at radius 2 is 1.93 bits per heavy atom. The van der Waals surface area contributed by atoms with Gasteiger partial charge in [0.2, 0.25) is 0 Å². The van der Waals surface area contributed by atoms with Crippen LogP contribution in [0.15, 0.2) is 51.9 Å². The summed E-state index contributed by atoms with van der Waals surface area (Å²) in [5.74, 6) is -1.67. The molecule has 1 fully saturated rings. The number of hydrogen-bond donors (Lipinski definition) is 1. The van der Waals surface area contributed by atoms with Crippen molar-refractivity contribution < 1.29 is 18.4 Å². The van der Waals surface area contributed by atoms with Gasteiger partial charge in [-0.15, -0.1) is 0 Å². The first-order valence-electron chi connectivity index (χ1n) is 8.50. The molecule has 2 aliphatic rings. The molecule has 0 saturated carbocycles. The van der Waals surface area contributed by atoms with Crippen molar-refractivity contribution in [1.29, 1.82) is 0 Å². The van der Waals surface area contributed by atoms with Crippen molar-refractivity contribution in [2.24, 2.45) is 4.99 Å². The predicted octanol–water partition coefficient (Wildman–Crippen LogP) is 3.64. The van der Waals surface area contributed by atoms with Gasteiger partial charge in [-0.2, -0.15) is 0 Å². The van der Waals surface area contributed by atoms with Crippen molar-refractivity contribution in [2.75, 3.05) is 13.1 Å². The number of amidine groups is 1. The molecule has 0 atom stereocenters. The fraction of sp³-hybridized carbons (Fsp3) is 0.263. The molecule has 0 aromatic heterocycles. The average Bonchev–Trinajstić information content (AvgIpc) is 3.08. The summed E-state index contributed by atoms with van der Waals surface area (Å²) in [7, 11) is 0. The summed E-state index contributed by atoms with van der Waals surface area (Å²) in [6.45, 7) is 0.823. The van der Waals surface area contributed by atoms with Gasteiger partial charge < -0.3 is 4.90 Å². The van der Waals surface area contributed by atoms with Crippen LogP contribution in [0.3, 0.4) is 0 Å². The third kappa shape index (κ3) is 3.59. The molecule has 0 unspecified atom stereocenters. The van der Waals surface area contributed by atoms with Crippen molar-refractivity contribution in [1.82, 2.24) is 10.4 Å². The summed E-state index contributed by atoms with van der Waals surface area (Å²) < 4.78 is 27.4. The van der Waals surface area contributed by atoms with Gasteiger partial charge in [-0.1, -0.05) is 28.1 Å². The van der Waals surface area contributed by atoms with E-state index in [1.807, 2.05) is 24.3 Å². The summed E-state index contributed by atoms with van der Waals surface area (Å²) in [5.41, 5.74) is 3.20. The van der Waals surface area contributed by atoms with Crippen LogP contribution in [0.2, 0.25) is 0 Å². The highest BCUT2D eigenvalue weighted by molar-refractivity contribution is 9.10. The van der Waals surface area contributed by atoms with Gasteiger partial charge in [0.05, 0.1) is 0 Å². The highest BCUT2D eigenvalue weighted by Crippen LogP contribution is 2.32. The van der Waals surface area contributed by atoms with Crippen LogP contribution in [-0.2, 0) is 4.84 Å². The van der Waals surface area contributed by atoms with Gasteiger partial charge in [0, 0.05) is 41.5 Å². The number of amides is 1. The summed E-state index contributed by atoms with van der Waals surface area (Å²) >= 11 is 3.43. The van der Waals surface area contributed by atoms with Gasteiger partial charge in [0.25, 0.3) is 5.91 Å². The molecule has 0 radical (unpaired) electrons. The van der Waals surface area contributed by atoms with Gasteiger partial charge in [-0.25, -0.2) is 24.1 Å². The Morgan fingerprint density at radius 3 is 2.63 bits per heavy atom. The van der Waals surface area contributed by atoms with E-state index in [9.17, 15) is 13.6 Å². The van der Waals surface area contributed by atoms with E-state index in [1.165, 1.54) is 6.07 Å². The Hall–Kier alpha value is -2.32. The van der Waals surface area contributed by atoms with Crippen LogP contribution in [-0.4, -0.2) is 35.5 Å². The SMILES string of the molecule is O=C(c1ccc(F)c(F)c1)N1CCC2(CC1)N=C(c1cccc(Br)c1)NO2. The van der Waals surface area contributed by atoms with Crippen LogP contribution in [0.4, 0.5) is 8.78 Å². The molecule has 2 aromatic carbocycles. The number of nitrogens with one attached hydrogen (secondary N) is 1. The fourth-order valence-electron chi connectivity index (χ4n) is 3.24. The zero-order chi connectivity index (χ0) is 19.0. The van der Waals surface area contributed by atoms with Gasteiger partial charge in [-0.05, 0) is 30.3 Å². The minimum atomic E-state index is -1.03. The highest BCUT2D eigenvalue weighted by atomic mass is 79.9. The van der Waals surface area contributed by atoms with Gasteiger partial charge >= 0.3 is 0 Å². The molecule has 140 valence electrons. The van der Waals surface area contributed by atoms with E-state index in [1.54, 1.807) is 4.90 Å². The van der Waals surface area contributed by atoms with Crippen LogP contribution >= 0.6 is 15.9 Å². The molecule has 0 bridgehead atoms. The van der Waals surface area contributed by atoms with Crippen molar-refractivity contribution >= 4 is 27.7 Å². The number of carbonyl (C=O) groups is 1. The molecular weight excluding hydrogens is 420 g/mol. The van der Waals surface area contributed by atoms with Crippen LogP contribution in [0.5, 0.6) is 0 Å². The topological polar surface area (TPSA) is 53.9 Å². The maximum atomic E-state index is 13.4. The van der Waals surface area contributed by atoms with E-state index in [0.29, 0.717) is 31.8 Å². The van der Waals surface area contributed by atoms with Crippen LogP contribution in [0, 0.1) is 11.6 Å². The summed E-state index contributed by atoms with van der Waals surface area (Å²) in [4.78, 5) is 24.6. The summed E-state index contributed by atoms with van der Waals surface area (Å²) in [5, 5.41) is 0. The molecule has 4 rings (SSSR count). The standard InChI is InChI=1S/C19H16BrF2N3O2/c20-14-3-1-2-12(10-14)17-23-19(27-24-17)6-8-25(9-7-19)18(26)13-4-5-15(21)16(22)11-13/h1-5,10-11H,6-9H2,(H,23,24). The largest absolute Gasteiger partial charge is 0.338 e. The predicted molar refractivity (Wildman–Crippen MR) is 99.1 cm³/mol. The second-order valence-electron chi connectivity index (χ2n) is 6.54. The maximum Gasteiger partial charge on any atom is 0.253 e. The first-order valence-corrected chi connectivity index (χ1v) is 9.29. The van der Waals surface area contributed by atoms with Gasteiger partial charge in [-0.3, -0.25) is 4.79 Å². The molecule has 2 aliphatic heterocycles. The maximum absolute atomic E-state index is 13.4. The Kier molecular flexibility index (Phi) is 4.69. The molecule has 27 heavy (non-hydrogen) atoms. The number of carbonyl (C=O) groups excluding carboxylic acids is 1. The number of benzene rings is 2. The second kappa shape index (κ2) is 7.01. The molecule has 2 aromatic rings. The minimum absolute atomic E-state index is 0.133. The average molecular weight is 436 g/mol. The van der Waals surface area contributed by atoms with Crippen molar-refractivity contribution in [3.05, 3.63) is 69.7 Å². The lowest BCUT2D eigenvalue weighted by molar-refractivity contribution is -0.0849. The summed E-state index contributed by atoms with van der Waals surface area (Å²) in [6, 6.07) is 10.9. The minimum Gasteiger partial charge on any atom is -0.338 e. The number of halogens is 3. The second-order valence-corrected chi connectivity index (χ2v) is 7.46. The van der Waals surface area contributed by atoms with Crippen molar-refractivity contribution in [3.63, 3.8) is 0 Å². The Labute approximate surface area is 163 Å². The number of hydrogen-bond acceptors (Lipinski definition) is 4. The molecule has 2 heterocycles. The van der Waals surface area contributed by atoms with E-state index < -0.39 is 17.4 Å². The van der Waals surface area contributed by atoms with Gasteiger partial charge in [0.15, 0.2) is 23.2 Å². The van der Waals surface area contributed by atoms with Crippen molar-refractivity contribution in [2.45, 2.75) is 18.6 Å². The Bertz CT molecular complexity index is 927. The molecule has 1 saturated heterocycles. The number of likely N-dealkylation sites (tertiary alicyclic amines) is 1. The Balaban J connectivity index is 1.45. The molecular formula is C19H16BrF2N3O2. The number of aliphatic imine (C=N–C) groups is 1. The highest BCUT2D eigenvalue weighted by Gasteiger charge is 2.41. The monoisotopic (exact) mass is 435 g/mol.